The molecule has 0 amide bonds. The van der Waals surface area contributed by atoms with Gasteiger partial charge in [0.05, 0.1) is 12.7 Å². The van der Waals surface area contributed by atoms with Crippen molar-refractivity contribution in [1.29, 1.82) is 0 Å². The summed E-state index contributed by atoms with van der Waals surface area (Å²) in [6.45, 7) is 2.41. The fourth-order valence-electron chi connectivity index (χ4n) is 2.07. The maximum Gasteiger partial charge on any atom is 0.154 e. The summed E-state index contributed by atoms with van der Waals surface area (Å²) in [7, 11) is 0. The molecule has 0 aliphatic heterocycles. The highest BCUT2D eigenvalue weighted by Gasteiger charge is 2.15. The van der Waals surface area contributed by atoms with E-state index in [0.29, 0.717) is 25.4 Å². The van der Waals surface area contributed by atoms with Gasteiger partial charge in [-0.2, -0.15) is 0 Å². The Labute approximate surface area is 92.4 Å². The lowest BCUT2D eigenvalue weighted by Crippen LogP contribution is -2.20. The Morgan fingerprint density at radius 3 is 2.40 bits per heavy atom. The summed E-state index contributed by atoms with van der Waals surface area (Å²) in [5, 5.41) is 18.5. The topological polar surface area (TPSA) is 49.7 Å². The van der Waals surface area contributed by atoms with Gasteiger partial charge in [0.25, 0.3) is 0 Å². The van der Waals surface area contributed by atoms with Crippen LogP contribution >= 0.6 is 0 Å². The van der Waals surface area contributed by atoms with Gasteiger partial charge in [0.15, 0.2) is 6.29 Å². The lowest BCUT2D eigenvalue weighted by molar-refractivity contribution is -0.119. The number of hydrogen-bond donors (Lipinski definition) is 2. The van der Waals surface area contributed by atoms with Gasteiger partial charge in [0.1, 0.15) is 0 Å². The molecule has 1 aliphatic carbocycles. The molecule has 2 atom stereocenters. The number of ether oxygens (including phenoxy) is 1. The van der Waals surface area contributed by atoms with Gasteiger partial charge in [-0.15, -0.1) is 0 Å². The van der Waals surface area contributed by atoms with E-state index in [9.17, 15) is 5.11 Å². The van der Waals surface area contributed by atoms with Gasteiger partial charge in [-0.1, -0.05) is 19.3 Å². The standard InChI is InChI=1S/C12H24O3/c1-10(13)7-8-12(14)15-9-11-5-3-2-4-6-11/h10-14H,2-9H2,1H3. The molecule has 90 valence electrons. The number of aliphatic hydroxyl groups excluding tert-OH is 2. The largest absolute Gasteiger partial charge is 0.393 e. The van der Waals surface area contributed by atoms with Crippen LogP contribution in [0, 0.1) is 5.92 Å². The van der Waals surface area contributed by atoms with Crippen LogP contribution in [-0.4, -0.2) is 29.2 Å². The van der Waals surface area contributed by atoms with Crippen LogP contribution in [0.2, 0.25) is 0 Å². The van der Waals surface area contributed by atoms with Crippen molar-refractivity contribution in [3.63, 3.8) is 0 Å². The number of rotatable bonds is 6. The third-order valence-electron chi connectivity index (χ3n) is 3.08. The zero-order chi connectivity index (χ0) is 11.1. The molecule has 0 radical (unpaired) electrons. The molecular formula is C12H24O3. The minimum absolute atomic E-state index is 0.349. The zero-order valence-electron chi connectivity index (χ0n) is 9.69. The molecule has 2 unspecified atom stereocenters. The van der Waals surface area contributed by atoms with Crippen molar-refractivity contribution in [2.45, 2.75) is 64.3 Å². The van der Waals surface area contributed by atoms with Gasteiger partial charge in [-0.25, -0.2) is 0 Å². The highest BCUT2D eigenvalue weighted by Crippen LogP contribution is 2.24. The van der Waals surface area contributed by atoms with E-state index in [-0.39, 0.29) is 6.10 Å². The molecule has 1 aliphatic rings. The van der Waals surface area contributed by atoms with Gasteiger partial charge in [-0.3, -0.25) is 0 Å². The lowest BCUT2D eigenvalue weighted by Gasteiger charge is -2.23. The fourth-order valence-corrected chi connectivity index (χ4v) is 2.07. The molecule has 0 heterocycles. The summed E-state index contributed by atoms with van der Waals surface area (Å²) in [6, 6.07) is 0. The average Bonchev–Trinajstić information content (AvgIpc) is 2.25. The highest BCUT2D eigenvalue weighted by molar-refractivity contribution is 4.65. The smallest absolute Gasteiger partial charge is 0.154 e. The molecular weight excluding hydrogens is 192 g/mol. The van der Waals surface area contributed by atoms with Gasteiger partial charge in [0, 0.05) is 6.42 Å². The molecule has 15 heavy (non-hydrogen) atoms. The van der Waals surface area contributed by atoms with E-state index in [1.807, 2.05) is 0 Å². The third-order valence-corrected chi connectivity index (χ3v) is 3.08. The molecule has 1 fully saturated rings. The van der Waals surface area contributed by atoms with Crippen molar-refractivity contribution in [3.8, 4) is 0 Å². The SMILES string of the molecule is CC(O)CCC(O)OCC1CCCCC1. The quantitative estimate of drug-likeness (QED) is 0.668. The summed E-state index contributed by atoms with van der Waals surface area (Å²) in [6.07, 6.45) is 6.53. The molecule has 3 heteroatoms. The maximum atomic E-state index is 9.50. The van der Waals surface area contributed by atoms with Crippen LogP contribution in [-0.2, 0) is 4.74 Å². The normalized spacial score (nSPS) is 22.6. The Hall–Kier alpha value is -0.120. The van der Waals surface area contributed by atoms with Crippen LogP contribution in [0.15, 0.2) is 0 Å². The second-order valence-corrected chi connectivity index (χ2v) is 4.72. The van der Waals surface area contributed by atoms with E-state index < -0.39 is 6.29 Å². The molecule has 1 saturated carbocycles. The first-order valence-corrected chi connectivity index (χ1v) is 6.16. The van der Waals surface area contributed by atoms with Gasteiger partial charge in [-0.05, 0) is 32.1 Å². The summed E-state index contributed by atoms with van der Waals surface area (Å²) >= 11 is 0. The summed E-state index contributed by atoms with van der Waals surface area (Å²) in [5.74, 6) is 0.639. The van der Waals surface area contributed by atoms with E-state index in [1.165, 1.54) is 32.1 Å². The molecule has 0 spiro atoms. The van der Waals surface area contributed by atoms with E-state index in [2.05, 4.69) is 0 Å². The van der Waals surface area contributed by atoms with Crippen LogP contribution in [0.5, 0.6) is 0 Å². The Kier molecular flexibility index (Phi) is 6.22. The lowest BCUT2D eigenvalue weighted by atomic mass is 9.90. The van der Waals surface area contributed by atoms with Gasteiger partial charge >= 0.3 is 0 Å². The summed E-state index contributed by atoms with van der Waals surface area (Å²) < 4.78 is 5.38. The molecule has 0 saturated heterocycles. The van der Waals surface area contributed by atoms with E-state index >= 15 is 0 Å². The molecule has 0 bridgehead atoms. The van der Waals surface area contributed by atoms with E-state index in [1.54, 1.807) is 6.92 Å². The Bertz CT molecular complexity index is 153. The van der Waals surface area contributed by atoms with Crippen molar-refractivity contribution in [3.05, 3.63) is 0 Å². The minimum Gasteiger partial charge on any atom is -0.393 e. The van der Waals surface area contributed by atoms with E-state index in [4.69, 9.17) is 9.84 Å². The number of aliphatic hydroxyl groups is 2. The first-order chi connectivity index (χ1) is 7.18. The minimum atomic E-state index is -0.693. The predicted octanol–water partition coefficient (Wildman–Crippen LogP) is 2.06. The fraction of sp³-hybridized carbons (Fsp3) is 1.00. The molecule has 0 aromatic heterocycles. The van der Waals surface area contributed by atoms with Crippen molar-refractivity contribution in [2.24, 2.45) is 5.92 Å². The van der Waals surface area contributed by atoms with Gasteiger partial charge < -0.3 is 14.9 Å². The maximum absolute atomic E-state index is 9.50. The molecule has 1 rings (SSSR count). The molecule has 0 aromatic carbocycles. The Morgan fingerprint density at radius 2 is 1.80 bits per heavy atom. The highest BCUT2D eigenvalue weighted by atomic mass is 16.6. The molecule has 2 N–H and O–H groups in total. The van der Waals surface area contributed by atoms with Crippen molar-refractivity contribution < 1.29 is 14.9 Å². The molecule has 3 nitrogen and oxygen atoms in total. The van der Waals surface area contributed by atoms with Crippen LogP contribution in [0.25, 0.3) is 0 Å². The average molecular weight is 216 g/mol. The van der Waals surface area contributed by atoms with Crippen LogP contribution in [0.3, 0.4) is 0 Å². The summed E-state index contributed by atoms with van der Waals surface area (Å²) in [5.41, 5.74) is 0. The Balaban J connectivity index is 2.02. The zero-order valence-corrected chi connectivity index (χ0v) is 9.69. The summed E-state index contributed by atoms with van der Waals surface area (Å²) in [4.78, 5) is 0. The monoisotopic (exact) mass is 216 g/mol. The second-order valence-electron chi connectivity index (χ2n) is 4.72. The second kappa shape index (κ2) is 7.20. The predicted molar refractivity (Wildman–Crippen MR) is 59.4 cm³/mol. The van der Waals surface area contributed by atoms with Crippen LogP contribution in [0.4, 0.5) is 0 Å². The van der Waals surface area contributed by atoms with E-state index in [0.717, 1.165) is 0 Å². The van der Waals surface area contributed by atoms with Crippen molar-refractivity contribution >= 4 is 0 Å². The third kappa shape index (κ3) is 6.13. The molecule has 0 aromatic rings. The first-order valence-electron chi connectivity index (χ1n) is 6.16. The Morgan fingerprint density at radius 1 is 1.13 bits per heavy atom. The van der Waals surface area contributed by atoms with Gasteiger partial charge in [0.2, 0.25) is 0 Å². The van der Waals surface area contributed by atoms with Crippen molar-refractivity contribution in [1.82, 2.24) is 0 Å². The van der Waals surface area contributed by atoms with Crippen LogP contribution in [0.1, 0.15) is 51.9 Å². The number of hydrogen-bond acceptors (Lipinski definition) is 3. The van der Waals surface area contributed by atoms with Crippen molar-refractivity contribution in [2.75, 3.05) is 6.61 Å². The first kappa shape index (κ1) is 12.9. The van der Waals surface area contributed by atoms with Crippen LogP contribution < -0.4 is 0 Å².